The molecule has 0 saturated carbocycles. The van der Waals surface area contributed by atoms with Gasteiger partial charge < -0.3 is 15.0 Å². The molecule has 0 aliphatic rings. The maximum Gasteiger partial charge on any atom is 0.268 e. The number of ketones is 1. The van der Waals surface area contributed by atoms with Crippen molar-refractivity contribution < 1.29 is 14.3 Å². The van der Waals surface area contributed by atoms with Gasteiger partial charge in [0, 0.05) is 17.8 Å². The minimum absolute atomic E-state index is 0.0213. The van der Waals surface area contributed by atoms with Gasteiger partial charge >= 0.3 is 0 Å². The van der Waals surface area contributed by atoms with Crippen molar-refractivity contribution in [3.8, 4) is 5.75 Å². The Bertz CT molecular complexity index is 853. The molecule has 6 heteroatoms. The summed E-state index contributed by atoms with van der Waals surface area (Å²) in [6.07, 6.45) is 0.622. The van der Waals surface area contributed by atoms with Crippen molar-refractivity contribution in [3.63, 3.8) is 0 Å². The van der Waals surface area contributed by atoms with Crippen LogP contribution < -0.4 is 10.1 Å². The lowest BCUT2D eigenvalue weighted by atomic mass is 10.0. The number of methoxy groups -OCH3 is 1. The number of benzene rings is 1. The SMILES string of the molecule is CCc1c(C(=O)NCC(c2cccc(OC)c2)N(CC)CC)[nH]c(C)c1C(C)=O. The molecule has 1 aromatic heterocycles. The average molecular weight is 400 g/mol. The quantitative estimate of drug-likeness (QED) is 0.594. The highest BCUT2D eigenvalue weighted by molar-refractivity contribution is 6.02. The predicted octanol–water partition coefficient (Wildman–Crippen LogP) is 3.91. The zero-order valence-electron chi connectivity index (χ0n) is 18.4. The number of likely N-dealkylation sites (N-methyl/N-ethyl adjacent to an activating group) is 1. The predicted molar refractivity (Wildman–Crippen MR) is 116 cm³/mol. The Labute approximate surface area is 173 Å². The number of H-pyrrole nitrogens is 1. The van der Waals surface area contributed by atoms with Crippen LogP contribution in [0, 0.1) is 6.92 Å². The summed E-state index contributed by atoms with van der Waals surface area (Å²) in [7, 11) is 1.65. The van der Waals surface area contributed by atoms with E-state index < -0.39 is 0 Å². The highest BCUT2D eigenvalue weighted by Gasteiger charge is 2.24. The Balaban J connectivity index is 2.28. The van der Waals surface area contributed by atoms with Gasteiger partial charge in [0.05, 0.1) is 13.2 Å². The van der Waals surface area contributed by atoms with E-state index >= 15 is 0 Å². The highest BCUT2D eigenvalue weighted by atomic mass is 16.5. The number of amides is 1. The van der Waals surface area contributed by atoms with E-state index in [0.717, 1.165) is 35.7 Å². The largest absolute Gasteiger partial charge is 0.497 e. The number of aryl methyl sites for hydroxylation is 1. The summed E-state index contributed by atoms with van der Waals surface area (Å²) in [5, 5.41) is 3.07. The summed E-state index contributed by atoms with van der Waals surface area (Å²) in [6.45, 7) is 11.8. The monoisotopic (exact) mass is 399 g/mol. The number of Topliss-reactive ketones (excluding diaryl/α,β-unsaturated/α-hetero) is 1. The molecular weight excluding hydrogens is 366 g/mol. The molecule has 0 aliphatic heterocycles. The summed E-state index contributed by atoms with van der Waals surface area (Å²) >= 11 is 0. The second-order valence-corrected chi connectivity index (χ2v) is 7.11. The van der Waals surface area contributed by atoms with E-state index in [2.05, 4.69) is 35.1 Å². The normalized spacial score (nSPS) is 12.1. The maximum atomic E-state index is 13.0. The molecule has 0 saturated heterocycles. The minimum Gasteiger partial charge on any atom is -0.497 e. The van der Waals surface area contributed by atoms with Crippen molar-refractivity contribution in [3.05, 3.63) is 52.3 Å². The van der Waals surface area contributed by atoms with E-state index in [9.17, 15) is 9.59 Å². The van der Waals surface area contributed by atoms with Crippen LogP contribution in [-0.2, 0) is 6.42 Å². The van der Waals surface area contributed by atoms with Crippen LogP contribution in [0.25, 0.3) is 0 Å². The van der Waals surface area contributed by atoms with Crippen molar-refractivity contribution in [2.75, 3.05) is 26.7 Å². The molecule has 0 bridgehead atoms. The number of hydrogen-bond acceptors (Lipinski definition) is 4. The second-order valence-electron chi connectivity index (χ2n) is 7.11. The van der Waals surface area contributed by atoms with E-state index in [-0.39, 0.29) is 17.7 Å². The number of rotatable bonds is 10. The van der Waals surface area contributed by atoms with Gasteiger partial charge in [0.2, 0.25) is 0 Å². The Morgan fingerprint density at radius 2 is 1.90 bits per heavy atom. The first-order chi connectivity index (χ1) is 13.9. The summed E-state index contributed by atoms with van der Waals surface area (Å²) < 4.78 is 5.37. The van der Waals surface area contributed by atoms with Crippen LogP contribution in [0.5, 0.6) is 5.75 Å². The van der Waals surface area contributed by atoms with Crippen molar-refractivity contribution >= 4 is 11.7 Å². The highest BCUT2D eigenvalue weighted by Crippen LogP contribution is 2.25. The number of carbonyl (C=O) groups excluding carboxylic acids is 2. The van der Waals surface area contributed by atoms with Crippen LogP contribution >= 0.6 is 0 Å². The van der Waals surface area contributed by atoms with Crippen LogP contribution in [0.15, 0.2) is 24.3 Å². The van der Waals surface area contributed by atoms with Gasteiger partial charge in [-0.3, -0.25) is 14.5 Å². The molecule has 2 rings (SSSR count). The third-order valence-electron chi connectivity index (χ3n) is 5.41. The molecule has 29 heavy (non-hydrogen) atoms. The number of nitrogens with zero attached hydrogens (tertiary/aromatic N) is 1. The third-order valence-corrected chi connectivity index (χ3v) is 5.41. The van der Waals surface area contributed by atoms with Gasteiger partial charge in [0.1, 0.15) is 11.4 Å². The third kappa shape index (κ3) is 5.07. The van der Waals surface area contributed by atoms with Crippen molar-refractivity contribution in [1.82, 2.24) is 15.2 Å². The van der Waals surface area contributed by atoms with Crippen LogP contribution in [0.4, 0.5) is 0 Å². The van der Waals surface area contributed by atoms with Gasteiger partial charge in [-0.05, 0) is 56.6 Å². The number of hydrogen-bond donors (Lipinski definition) is 2. The maximum absolute atomic E-state index is 13.0. The van der Waals surface area contributed by atoms with Crippen LogP contribution in [0.1, 0.15) is 71.4 Å². The first-order valence-electron chi connectivity index (χ1n) is 10.3. The molecule has 158 valence electrons. The molecule has 0 spiro atoms. The van der Waals surface area contributed by atoms with Crippen molar-refractivity contribution in [1.29, 1.82) is 0 Å². The molecule has 1 aromatic carbocycles. The molecule has 6 nitrogen and oxygen atoms in total. The number of carbonyl (C=O) groups is 2. The molecular formula is C23H33N3O3. The second kappa shape index (κ2) is 10.3. The van der Waals surface area contributed by atoms with E-state index in [1.54, 1.807) is 7.11 Å². The molecule has 1 heterocycles. The number of nitrogens with one attached hydrogen (secondary N) is 2. The topological polar surface area (TPSA) is 74.4 Å². The zero-order chi connectivity index (χ0) is 21.6. The fourth-order valence-corrected chi connectivity index (χ4v) is 3.95. The van der Waals surface area contributed by atoms with E-state index in [0.29, 0.717) is 24.2 Å². The van der Waals surface area contributed by atoms with E-state index in [1.165, 1.54) is 6.92 Å². The lowest BCUT2D eigenvalue weighted by Gasteiger charge is -2.30. The summed E-state index contributed by atoms with van der Waals surface area (Å²) in [4.78, 5) is 30.4. The van der Waals surface area contributed by atoms with Gasteiger partial charge in [-0.1, -0.05) is 32.9 Å². The first-order valence-corrected chi connectivity index (χ1v) is 10.3. The molecule has 1 atom stereocenters. The van der Waals surface area contributed by atoms with E-state index in [4.69, 9.17) is 4.74 Å². The molecule has 2 N–H and O–H groups in total. The zero-order valence-corrected chi connectivity index (χ0v) is 18.4. The van der Waals surface area contributed by atoms with Crippen LogP contribution in [0.2, 0.25) is 0 Å². The summed E-state index contributed by atoms with van der Waals surface area (Å²) in [5.41, 5.74) is 3.74. The summed E-state index contributed by atoms with van der Waals surface area (Å²) in [6, 6.07) is 7.98. The first kappa shape index (κ1) is 22.7. The van der Waals surface area contributed by atoms with Crippen molar-refractivity contribution in [2.45, 2.75) is 47.1 Å². The Morgan fingerprint density at radius 1 is 1.21 bits per heavy atom. The number of ether oxygens (including phenoxy) is 1. The smallest absolute Gasteiger partial charge is 0.268 e. The van der Waals surface area contributed by atoms with Crippen LogP contribution in [-0.4, -0.2) is 48.3 Å². The van der Waals surface area contributed by atoms with Gasteiger partial charge in [-0.15, -0.1) is 0 Å². The fraction of sp³-hybridized carbons (Fsp3) is 0.478. The Kier molecular flexibility index (Phi) is 8.02. The van der Waals surface area contributed by atoms with Crippen LogP contribution in [0.3, 0.4) is 0 Å². The lowest BCUT2D eigenvalue weighted by molar-refractivity contribution is 0.0929. The Morgan fingerprint density at radius 3 is 2.45 bits per heavy atom. The fourth-order valence-electron chi connectivity index (χ4n) is 3.95. The minimum atomic E-state index is -0.183. The molecule has 0 radical (unpaired) electrons. The molecule has 0 aliphatic carbocycles. The number of aromatic nitrogens is 1. The van der Waals surface area contributed by atoms with Gasteiger partial charge in [-0.2, -0.15) is 0 Å². The van der Waals surface area contributed by atoms with E-state index in [1.807, 2.05) is 32.0 Å². The van der Waals surface area contributed by atoms with Gasteiger partial charge in [0.15, 0.2) is 5.78 Å². The molecule has 1 unspecified atom stereocenters. The molecule has 1 amide bonds. The van der Waals surface area contributed by atoms with Gasteiger partial charge in [0.25, 0.3) is 5.91 Å². The molecule has 2 aromatic rings. The van der Waals surface area contributed by atoms with Gasteiger partial charge in [-0.25, -0.2) is 0 Å². The lowest BCUT2D eigenvalue weighted by Crippen LogP contribution is -2.38. The standard InChI is InChI=1S/C23H33N3O3/c1-7-19-21(16(5)27)15(4)25-22(19)23(28)24-14-20(26(8-2)9-3)17-11-10-12-18(13-17)29-6/h10-13,20,25H,7-9,14H2,1-6H3,(H,24,28). The summed E-state index contributed by atoms with van der Waals surface area (Å²) in [5.74, 6) is 0.592. The van der Waals surface area contributed by atoms with Crippen molar-refractivity contribution in [2.24, 2.45) is 0 Å². The average Bonchev–Trinajstić information content (AvgIpc) is 3.07. The Hall–Kier alpha value is -2.60. The molecule has 0 fully saturated rings. The number of aromatic amines is 1.